The molecule has 0 bridgehead atoms. The van der Waals surface area contributed by atoms with Crippen LogP contribution in [0.2, 0.25) is 15.1 Å². The molecule has 2 aliphatic heterocycles. The Labute approximate surface area is 209 Å². The molecule has 2 aromatic carbocycles. The molecule has 1 aliphatic carbocycles. The number of hydrogen-bond acceptors (Lipinski definition) is 4. The quantitative estimate of drug-likeness (QED) is 0.515. The van der Waals surface area contributed by atoms with Crippen molar-refractivity contribution in [2.75, 3.05) is 18.1 Å². The maximum atomic E-state index is 13.5. The number of hydrogen-bond donors (Lipinski definition) is 1. The van der Waals surface area contributed by atoms with Gasteiger partial charge in [-0.05, 0) is 67.0 Å². The van der Waals surface area contributed by atoms with Gasteiger partial charge in [0.2, 0.25) is 0 Å². The van der Waals surface area contributed by atoms with Gasteiger partial charge in [0, 0.05) is 29.1 Å². The molecule has 5 rings (SSSR count). The predicted molar refractivity (Wildman–Crippen MR) is 135 cm³/mol. The third kappa shape index (κ3) is 4.49. The molecule has 0 spiro atoms. The molecule has 0 radical (unpaired) electrons. The fourth-order valence-electron chi connectivity index (χ4n) is 5.63. The molecule has 1 N–H and O–H groups in total. The standard InChI is InChI=1S/C25H27Cl3N4O/c1-2-20-23(25(33)30-31-13-16-4-3-5-17(16)14-31)29-32(22-11-10-19(27)12-21(22)28)24(20)15-6-8-18(26)9-7-15/h6-12,16-17,20,24H,2-5,13-14H2,1H3,(H,30,33)/t16?,17?,20-,24-/m0/s1. The lowest BCUT2D eigenvalue weighted by Gasteiger charge is -2.29. The summed E-state index contributed by atoms with van der Waals surface area (Å²) in [5.74, 6) is 1.17. The van der Waals surface area contributed by atoms with Gasteiger partial charge in [0.15, 0.2) is 0 Å². The van der Waals surface area contributed by atoms with E-state index in [1.807, 2.05) is 35.3 Å². The molecular weight excluding hydrogens is 479 g/mol. The number of hydrazine groups is 1. The summed E-state index contributed by atoms with van der Waals surface area (Å²) in [7, 11) is 0. The Bertz CT molecular complexity index is 1060. The third-order valence-electron chi connectivity index (χ3n) is 7.24. The van der Waals surface area contributed by atoms with Crippen molar-refractivity contribution in [3.63, 3.8) is 0 Å². The summed E-state index contributed by atoms with van der Waals surface area (Å²) < 4.78 is 0. The van der Waals surface area contributed by atoms with Crippen LogP contribution in [0, 0.1) is 17.8 Å². The van der Waals surface area contributed by atoms with Crippen molar-refractivity contribution in [3.05, 3.63) is 63.1 Å². The van der Waals surface area contributed by atoms with E-state index in [1.54, 1.807) is 12.1 Å². The molecule has 174 valence electrons. The van der Waals surface area contributed by atoms with E-state index in [1.165, 1.54) is 19.3 Å². The summed E-state index contributed by atoms with van der Waals surface area (Å²) in [6.45, 7) is 3.94. The van der Waals surface area contributed by atoms with Crippen LogP contribution < -0.4 is 10.4 Å². The van der Waals surface area contributed by atoms with Gasteiger partial charge >= 0.3 is 0 Å². The summed E-state index contributed by atoms with van der Waals surface area (Å²) in [6, 6.07) is 12.9. The van der Waals surface area contributed by atoms with Gasteiger partial charge < -0.3 is 0 Å². The number of amides is 1. The molecule has 2 heterocycles. The second-order valence-corrected chi connectivity index (χ2v) is 10.5. The Balaban J connectivity index is 1.47. The molecule has 5 nitrogen and oxygen atoms in total. The Kier molecular flexibility index (Phi) is 6.58. The molecule has 1 saturated carbocycles. The molecule has 33 heavy (non-hydrogen) atoms. The van der Waals surface area contributed by atoms with Crippen LogP contribution in [0.25, 0.3) is 0 Å². The minimum atomic E-state index is -0.176. The van der Waals surface area contributed by atoms with Crippen molar-refractivity contribution in [3.8, 4) is 0 Å². The van der Waals surface area contributed by atoms with Crippen LogP contribution in [0.4, 0.5) is 5.69 Å². The van der Waals surface area contributed by atoms with Crippen LogP contribution >= 0.6 is 34.8 Å². The molecular formula is C25H27Cl3N4O. The van der Waals surface area contributed by atoms with Crippen molar-refractivity contribution in [2.24, 2.45) is 22.9 Å². The summed E-state index contributed by atoms with van der Waals surface area (Å²) in [5.41, 5.74) is 5.43. The van der Waals surface area contributed by atoms with Crippen molar-refractivity contribution in [2.45, 2.75) is 38.6 Å². The van der Waals surface area contributed by atoms with Crippen LogP contribution in [0.1, 0.15) is 44.2 Å². The minimum absolute atomic E-state index is 0.0972. The number of benzene rings is 2. The van der Waals surface area contributed by atoms with E-state index >= 15 is 0 Å². The van der Waals surface area contributed by atoms with E-state index in [0.717, 1.165) is 30.8 Å². The van der Waals surface area contributed by atoms with Crippen molar-refractivity contribution in [1.82, 2.24) is 10.4 Å². The molecule has 3 aliphatic rings. The Morgan fingerprint density at radius 1 is 1.03 bits per heavy atom. The number of anilines is 1. The number of nitrogens with one attached hydrogen (secondary N) is 1. The number of carbonyl (C=O) groups excluding carboxylic acids is 1. The van der Waals surface area contributed by atoms with Crippen LogP contribution in [-0.4, -0.2) is 29.7 Å². The smallest absolute Gasteiger partial charge is 0.282 e. The second-order valence-electron chi connectivity index (χ2n) is 9.23. The maximum Gasteiger partial charge on any atom is 0.282 e. The highest BCUT2D eigenvalue weighted by Crippen LogP contribution is 2.44. The lowest BCUT2D eigenvalue weighted by Crippen LogP contribution is -2.45. The molecule has 1 saturated heterocycles. The fourth-order valence-corrected chi connectivity index (χ4v) is 6.26. The van der Waals surface area contributed by atoms with E-state index < -0.39 is 0 Å². The van der Waals surface area contributed by atoms with Gasteiger partial charge in [-0.2, -0.15) is 5.10 Å². The summed E-state index contributed by atoms with van der Waals surface area (Å²) >= 11 is 18.9. The second kappa shape index (κ2) is 9.46. The normalized spacial score (nSPS) is 27.0. The molecule has 2 unspecified atom stereocenters. The zero-order valence-corrected chi connectivity index (χ0v) is 20.7. The third-order valence-corrected chi connectivity index (χ3v) is 8.03. The number of halogens is 3. The number of rotatable bonds is 5. The predicted octanol–water partition coefficient (Wildman–Crippen LogP) is 6.35. The average Bonchev–Trinajstić information content (AvgIpc) is 3.47. The Morgan fingerprint density at radius 3 is 2.33 bits per heavy atom. The van der Waals surface area contributed by atoms with Crippen LogP contribution in [-0.2, 0) is 4.79 Å². The van der Waals surface area contributed by atoms with Gasteiger partial charge in [-0.3, -0.25) is 15.2 Å². The van der Waals surface area contributed by atoms with Crippen LogP contribution in [0.3, 0.4) is 0 Å². The van der Waals surface area contributed by atoms with E-state index in [4.69, 9.17) is 39.9 Å². The largest absolute Gasteiger partial charge is 0.284 e. The molecule has 0 aromatic heterocycles. The van der Waals surface area contributed by atoms with Crippen LogP contribution in [0.15, 0.2) is 47.6 Å². The number of carbonyl (C=O) groups is 1. The monoisotopic (exact) mass is 504 g/mol. The first-order valence-electron chi connectivity index (χ1n) is 11.6. The first-order chi connectivity index (χ1) is 15.9. The Hall–Kier alpha value is -1.79. The lowest BCUT2D eigenvalue weighted by molar-refractivity contribution is -0.119. The molecule has 2 aromatic rings. The maximum absolute atomic E-state index is 13.5. The summed E-state index contributed by atoms with van der Waals surface area (Å²) in [5, 5.41) is 10.5. The molecule has 1 amide bonds. The van der Waals surface area contributed by atoms with Gasteiger partial charge in [-0.15, -0.1) is 0 Å². The zero-order valence-electron chi connectivity index (χ0n) is 18.5. The van der Waals surface area contributed by atoms with Gasteiger partial charge in [-0.1, -0.05) is 60.3 Å². The molecule has 2 fully saturated rings. The fraction of sp³-hybridized carbons (Fsp3) is 0.440. The highest BCUT2D eigenvalue weighted by molar-refractivity contribution is 6.41. The topological polar surface area (TPSA) is 47.9 Å². The van der Waals surface area contributed by atoms with Crippen molar-refractivity contribution in [1.29, 1.82) is 0 Å². The number of fused-ring (bicyclic) bond motifs is 1. The van der Waals surface area contributed by atoms with E-state index in [2.05, 4.69) is 17.4 Å². The minimum Gasteiger partial charge on any atom is -0.284 e. The highest BCUT2D eigenvalue weighted by Gasteiger charge is 2.43. The van der Waals surface area contributed by atoms with Crippen molar-refractivity contribution >= 4 is 52.1 Å². The van der Waals surface area contributed by atoms with Crippen molar-refractivity contribution < 1.29 is 4.79 Å². The molecule has 4 atom stereocenters. The highest BCUT2D eigenvalue weighted by atomic mass is 35.5. The molecule has 8 heteroatoms. The van der Waals surface area contributed by atoms with Crippen LogP contribution in [0.5, 0.6) is 0 Å². The SMILES string of the molecule is CC[C@H]1C(C(=O)NN2CC3CCCC3C2)=NN(c2ccc(Cl)cc2Cl)[C@H]1c1ccc(Cl)cc1. The van der Waals surface area contributed by atoms with E-state index in [-0.39, 0.29) is 17.9 Å². The summed E-state index contributed by atoms with van der Waals surface area (Å²) in [4.78, 5) is 13.5. The van der Waals surface area contributed by atoms with Gasteiger partial charge in [0.25, 0.3) is 5.91 Å². The number of hydrazone groups is 1. The van der Waals surface area contributed by atoms with Gasteiger partial charge in [-0.25, -0.2) is 5.01 Å². The zero-order chi connectivity index (χ0) is 23.1. The van der Waals surface area contributed by atoms with E-state index in [9.17, 15) is 4.79 Å². The lowest BCUT2D eigenvalue weighted by atomic mass is 9.87. The Morgan fingerprint density at radius 2 is 1.70 bits per heavy atom. The van der Waals surface area contributed by atoms with E-state index in [0.29, 0.717) is 32.6 Å². The first-order valence-corrected chi connectivity index (χ1v) is 12.7. The van der Waals surface area contributed by atoms with Gasteiger partial charge in [0.1, 0.15) is 5.71 Å². The summed E-state index contributed by atoms with van der Waals surface area (Å²) in [6.07, 6.45) is 4.59. The van der Waals surface area contributed by atoms with Gasteiger partial charge in [0.05, 0.1) is 16.8 Å². The average molecular weight is 506 g/mol. The number of nitrogens with zero attached hydrogens (tertiary/aromatic N) is 3. The first kappa shape index (κ1) is 23.0.